The Morgan fingerprint density at radius 1 is 1.18 bits per heavy atom. The van der Waals surface area contributed by atoms with E-state index in [1.807, 2.05) is 0 Å². The average molecular weight is 401 g/mol. The molecule has 0 saturated carbocycles. The second-order valence-electron chi connectivity index (χ2n) is 6.91. The molecule has 0 aromatic heterocycles. The van der Waals surface area contributed by atoms with E-state index in [-0.39, 0.29) is 24.3 Å². The molecule has 0 aliphatic carbocycles. The lowest BCUT2D eigenvalue weighted by Gasteiger charge is -2.17. The minimum Gasteiger partial charge on any atom is -0.459 e. The monoisotopic (exact) mass is 400 g/mol. The molecule has 7 heteroatoms. The van der Waals surface area contributed by atoms with Gasteiger partial charge in [0.25, 0.3) is 0 Å². The number of anilines is 2. The third-order valence-electron chi connectivity index (χ3n) is 4.35. The quantitative estimate of drug-likeness (QED) is 0.772. The van der Waals surface area contributed by atoms with Crippen molar-refractivity contribution in [1.29, 1.82) is 0 Å². The van der Waals surface area contributed by atoms with Crippen LogP contribution in [0.2, 0.25) is 5.02 Å². The van der Waals surface area contributed by atoms with Crippen molar-refractivity contribution in [3.05, 3.63) is 59.1 Å². The minimum atomic E-state index is -0.461. The van der Waals surface area contributed by atoms with Crippen LogP contribution in [0.25, 0.3) is 0 Å². The molecule has 146 valence electrons. The fourth-order valence-electron chi connectivity index (χ4n) is 2.99. The summed E-state index contributed by atoms with van der Waals surface area (Å²) >= 11 is 5.99. The summed E-state index contributed by atoms with van der Waals surface area (Å²) in [4.78, 5) is 38.3. The van der Waals surface area contributed by atoms with E-state index in [1.54, 1.807) is 67.3 Å². The predicted octanol–water partition coefficient (Wildman–Crippen LogP) is 3.90. The number of nitrogens with one attached hydrogen (secondary N) is 1. The highest BCUT2D eigenvalue weighted by Gasteiger charge is 2.35. The van der Waals surface area contributed by atoms with Gasteiger partial charge in [-0.1, -0.05) is 17.7 Å². The van der Waals surface area contributed by atoms with Crippen LogP contribution >= 0.6 is 11.6 Å². The van der Waals surface area contributed by atoms with Crippen LogP contribution in [0, 0.1) is 5.92 Å². The average Bonchev–Trinajstić information content (AvgIpc) is 3.03. The Kier molecular flexibility index (Phi) is 5.99. The highest BCUT2D eigenvalue weighted by atomic mass is 35.5. The van der Waals surface area contributed by atoms with Gasteiger partial charge >= 0.3 is 5.97 Å². The van der Waals surface area contributed by atoms with Gasteiger partial charge in [-0.25, -0.2) is 4.79 Å². The van der Waals surface area contributed by atoms with Crippen LogP contribution in [0.5, 0.6) is 0 Å². The highest BCUT2D eigenvalue weighted by molar-refractivity contribution is 6.31. The van der Waals surface area contributed by atoms with E-state index in [4.69, 9.17) is 16.3 Å². The summed E-state index contributed by atoms with van der Waals surface area (Å²) in [5.74, 6) is -1.23. The van der Waals surface area contributed by atoms with Crippen LogP contribution in [0.4, 0.5) is 11.4 Å². The van der Waals surface area contributed by atoms with Gasteiger partial charge in [0.1, 0.15) is 0 Å². The number of hydrogen-bond donors (Lipinski definition) is 1. The molecular formula is C21H21ClN2O4. The Balaban J connectivity index is 1.62. The third kappa shape index (κ3) is 4.70. The van der Waals surface area contributed by atoms with E-state index in [9.17, 15) is 14.4 Å². The zero-order chi connectivity index (χ0) is 20.3. The van der Waals surface area contributed by atoms with Crippen LogP contribution in [-0.2, 0) is 14.3 Å². The van der Waals surface area contributed by atoms with Crippen molar-refractivity contribution in [2.45, 2.75) is 26.4 Å². The van der Waals surface area contributed by atoms with Crippen molar-refractivity contribution in [3.63, 3.8) is 0 Å². The van der Waals surface area contributed by atoms with E-state index >= 15 is 0 Å². The van der Waals surface area contributed by atoms with Crippen molar-refractivity contribution >= 4 is 40.8 Å². The smallest absolute Gasteiger partial charge is 0.338 e. The summed E-state index contributed by atoms with van der Waals surface area (Å²) < 4.78 is 5.13. The molecule has 3 rings (SSSR count). The molecule has 6 nitrogen and oxygen atoms in total. The maximum Gasteiger partial charge on any atom is 0.338 e. The fourth-order valence-corrected chi connectivity index (χ4v) is 3.18. The third-order valence-corrected chi connectivity index (χ3v) is 4.58. The molecule has 2 amide bonds. The zero-order valence-electron chi connectivity index (χ0n) is 15.6. The number of esters is 1. The zero-order valence-corrected chi connectivity index (χ0v) is 16.4. The first kappa shape index (κ1) is 19.9. The lowest BCUT2D eigenvalue weighted by molar-refractivity contribution is -0.122. The standard InChI is InChI=1S/C21H21ClN2O4/c1-13(2)28-21(27)14-6-8-17(9-7-14)23-20(26)15-10-19(25)24(12-15)18-5-3-4-16(22)11-18/h3-9,11,13,15H,10,12H2,1-2H3,(H,23,26)/t15-/m0/s1. The molecule has 1 heterocycles. The van der Waals surface area contributed by atoms with Crippen molar-refractivity contribution in [3.8, 4) is 0 Å². The Bertz CT molecular complexity index is 896. The number of carbonyl (C=O) groups is 3. The second-order valence-corrected chi connectivity index (χ2v) is 7.34. The molecule has 28 heavy (non-hydrogen) atoms. The molecule has 0 radical (unpaired) electrons. The first-order valence-corrected chi connectivity index (χ1v) is 9.39. The summed E-state index contributed by atoms with van der Waals surface area (Å²) in [6, 6.07) is 13.5. The molecule has 1 fully saturated rings. The minimum absolute atomic E-state index is 0.116. The highest BCUT2D eigenvalue weighted by Crippen LogP contribution is 2.28. The van der Waals surface area contributed by atoms with Crippen molar-refractivity contribution in [2.24, 2.45) is 5.92 Å². The van der Waals surface area contributed by atoms with E-state index in [0.29, 0.717) is 28.5 Å². The molecule has 1 aliphatic rings. The van der Waals surface area contributed by atoms with Crippen LogP contribution in [0.3, 0.4) is 0 Å². The van der Waals surface area contributed by atoms with Crippen molar-refractivity contribution in [1.82, 2.24) is 0 Å². The summed E-state index contributed by atoms with van der Waals surface area (Å²) in [5.41, 5.74) is 1.65. The van der Waals surface area contributed by atoms with Gasteiger partial charge in [0.2, 0.25) is 11.8 Å². The van der Waals surface area contributed by atoms with Gasteiger partial charge in [-0.3, -0.25) is 9.59 Å². The predicted molar refractivity (Wildman–Crippen MR) is 108 cm³/mol. The van der Waals surface area contributed by atoms with E-state index < -0.39 is 11.9 Å². The van der Waals surface area contributed by atoms with Gasteiger partial charge in [-0.05, 0) is 56.3 Å². The molecule has 1 atom stereocenters. The summed E-state index contributed by atoms with van der Waals surface area (Å²) in [7, 11) is 0. The lowest BCUT2D eigenvalue weighted by atomic mass is 10.1. The van der Waals surface area contributed by atoms with Crippen LogP contribution < -0.4 is 10.2 Å². The number of hydrogen-bond acceptors (Lipinski definition) is 4. The molecule has 2 aromatic rings. The topological polar surface area (TPSA) is 75.7 Å². The van der Waals surface area contributed by atoms with E-state index in [1.165, 1.54) is 0 Å². The van der Waals surface area contributed by atoms with Gasteiger partial charge in [0.05, 0.1) is 17.6 Å². The number of ether oxygens (including phenoxy) is 1. The summed E-state index contributed by atoms with van der Waals surface area (Å²) in [5, 5.41) is 3.34. The number of amides is 2. The molecular weight excluding hydrogens is 380 g/mol. The van der Waals surface area contributed by atoms with Crippen LogP contribution in [0.15, 0.2) is 48.5 Å². The van der Waals surface area contributed by atoms with Crippen LogP contribution in [0.1, 0.15) is 30.6 Å². The largest absolute Gasteiger partial charge is 0.459 e. The van der Waals surface area contributed by atoms with Gasteiger partial charge in [-0.15, -0.1) is 0 Å². The first-order chi connectivity index (χ1) is 13.3. The number of rotatable bonds is 5. The van der Waals surface area contributed by atoms with Gasteiger partial charge < -0.3 is 15.0 Å². The van der Waals surface area contributed by atoms with Gasteiger partial charge in [0.15, 0.2) is 0 Å². The maximum atomic E-state index is 12.6. The summed E-state index contributed by atoms with van der Waals surface area (Å²) in [6.07, 6.45) is -0.0637. The molecule has 1 N–H and O–H groups in total. The molecule has 1 aliphatic heterocycles. The maximum absolute atomic E-state index is 12.6. The van der Waals surface area contributed by atoms with E-state index in [2.05, 4.69) is 5.32 Å². The molecule has 0 bridgehead atoms. The summed E-state index contributed by atoms with van der Waals surface area (Å²) in [6.45, 7) is 3.86. The number of halogens is 1. The van der Waals surface area contributed by atoms with Gasteiger partial charge in [0, 0.05) is 29.4 Å². The fraction of sp³-hybridized carbons (Fsp3) is 0.286. The normalized spacial score (nSPS) is 16.4. The Hall–Kier alpha value is -2.86. The SMILES string of the molecule is CC(C)OC(=O)c1ccc(NC(=O)[C@H]2CC(=O)N(c3cccc(Cl)c3)C2)cc1. The van der Waals surface area contributed by atoms with Crippen LogP contribution in [-0.4, -0.2) is 30.4 Å². The Morgan fingerprint density at radius 3 is 2.54 bits per heavy atom. The molecule has 0 unspecified atom stereocenters. The number of benzene rings is 2. The van der Waals surface area contributed by atoms with Crippen molar-refractivity contribution in [2.75, 3.05) is 16.8 Å². The van der Waals surface area contributed by atoms with Crippen molar-refractivity contribution < 1.29 is 19.1 Å². The second kappa shape index (κ2) is 8.44. The molecule has 2 aromatic carbocycles. The number of nitrogens with zero attached hydrogens (tertiary/aromatic N) is 1. The first-order valence-electron chi connectivity index (χ1n) is 9.01. The molecule has 1 saturated heterocycles. The number of carbonyl (C=O) groups excluding carboxylic acids is 3. The Morgan fingerprint density at radius 2 is 1.89 bits per heavy atom. The van der Waals surface area contributed by atoms with E-state index in [0.717, 1.165) is 0 Å². The van der Waals surface area contributed by atoms with Gasteiger partial charge in [-0.2, -0.15) is 0 Å². The Labute approximate surface area is 168 Å². The molecule has 0 spiro atoms. The lowest BCUT2D eigenvalue weighted by Crippen LogP contribution is -2.28.